The summed E-state index contributed by atoms with van der Waals surface area (Å²) < 4.78 is 20.2. The van der Waals surface area contributed by atoms with Gasteiger partial charge in [0.15, 0.2) is 0 Å². The molecule has 0 saturated heterocycles. The molecule has 0 radical (unpaired) electrons. The fraction of sp³-hybridized carbons (Fsp3) is 0.538. The number of hydrogen-bond acceptors (Lipinski definition) is 4. The van der Waals surface area contributed by atoms with Crippen LogP contribution in [0, 0.1) is 6.92 Å². The van der Waals surface area contributed by atoms with Gasteiger partial charge in [0.2, 0.25) is 0 Å². The second-order valence-electron chi connectivity index (χ2n) is 15.9. The zero-order valence-corrected chi connectivity index (χ0v) is 30.4. The maximum absolute atomic E-state index is 10.4. The van der Waals surface area contributed by atoms with Crippen LogP contribution in [0.4, 0.5) is 0 Å². The van der Waals surface area contributed by atoms with E-state index < -0.39 is 8.24 Å². The van der Waals surface area contributed by atoms with Gasteiger partial charge in [-0.1, -0.05) is 107 Å². The van der Waals surface area contributed by atoms with Crippen LogP contribution >= 0.6 is 8.24 Å². The monoisotopic (exact) mass is 618 g/mol. The maximum atomic E-state index is 10.4. The Labute approximate surface area is 266 Å². The molecule has 1 N–H and O–H groups in total. The Hall–Kier alpha value is -2.68. The van der Waals surface area contributed by atoms with Crippen molar-refractivity contribution in [2.75, 3.05) is 6.61 Å². The Balaban J connectivity index is 1.94. The summed E-state index contributed by atoms with van der Waals surface area (Å²) in [6, 6.07) is 13.5. The second-order valence-corrected chi connectivity index (χ2v) is 16.9. The lowest BCUT2D eigenvalue weighted by Gasteiger charge is -2.26. The van der Waals surface area contributed by atoms with Crippen molar-refractivity contribution in [3.05, 3.63) is 75.3 Å². The van der Waals surface area contributed by atoms with Crippen molar-refractivity contribution in [1.82, 2.24) is 0 Å². The molecule has 1 heterocycles. The molecule has 0 aliphatic rings. The minimum Gasteiger partial charge on any atom is -0.507 e. The summed E-state index contributed by atoms with van der Waals surface area (Å²) in [5, 5.41) is 12.5. The summed E-state index contributed by atoms with van der Waals surface area (Å²) in [6.07, 6.45) is 2.49. The van der Waals surface area contributed by atoms with Crippen molar-refractivity contribution in [3.8, 4) is 5.75 Å². The topological polar surface area (TPSA) is 55.7 Å². The zero-order chi connectivity index (χ0) is 32.8. The van der Waals surface area contributed by atoms with Gasteiger partial charge in [-0.3, -0.25) is 4.52 Å². The lowest BCUT2D eigenvalue weighted by Crippen LogP contribution is -2.16. The Morgan fingerprint density at radius 2 is 1.34 bits per heavy atom. The van der Waals surface area contributed by atoms with Crippen LogP contribution in [0.1, 0.15) is 134 Å². The molecule has 0 fully saturated rings. The second kappa shape index (κ2) is 12.6. The molecular formula is C39H55O4P. The van der Waals surface area contributed by atoms with E-state index in [-0.39, 0.29) is 16.2 Å². The Kier molecular flexibility index (Phi) is 9.80. The van der Waals surface area contributed by atoms with Gasteiger partial charge in [0.25, 0.3) is 0 Å². The molecule has 1 aromatic heterocycles. The molecule has 240 valence electrons. The van der Waals surface area contributed by atoms with E-state index in [4.69, 9.17) is 12.9 Å². The van der Waals surface area contributed by atoms with Crippen molar-refractivity contribution in [2.45, 2.75) is 131 Å². The highest BCUT2D eigenvalue weighted by atomic mass is 31.1. The molecule has 0 spiro atoms. The first kappa shape index (κ1) is 34.2. The summed E-state index contributed by atoms with van der Waals surface area (Å²) in [4.78, 5) is 0. The van der Waals surface area contributed by atoms with Gasteiger partial charge in [-0.25, -0.2) is 0 Å². The lowest BCUT2D eigenvalue weighted by molar-refractivity contribution is 0.363. The largest absolute Gasteiger partial charge is 0.507 e. The highest BCUT2D eigenvalue weighted by Gasteiger charge is 2.27. The molecule has 44 heavy (non-hydrogen) atoms. The summed E-state index contributed by atoms with van der Waals surface area (Å²) in [6.45, 7) is 29.4. The maximum Gasteiger partial charge on any atom is 0.387 e. The average Bonchev–Trinajstić information content (AvgIpc) is 3.06. The van der Waals surface area contributed by atoms with Gasteiger partial charge >= 0.3 is 8.24 Å². The van der Waals surface area contributed by atoms with Crippen molar-refractivity contribution < 1.29 is 18.0 Å². The molecule has 0 aliphatic heterocycles. The number of phenolic OH excluding ortho intramolecular Hbond substituents is 1. The molecule has 0 bridgehead atoms. The van der Waals surface area contributed by atoms with E-state index in [0.717, 1.165) is 52.3 Å². The average molecular weight is 619 g/mol. The molecule has 4 nitrogen and oxygen atoms in total. The number of rotatable bonds is 7. The summed E-state index contributed by atoms with van der Waals surface area (Å²) >= 11 is 0. The van der Waals surface area contributed by atoms with Crippen LogP contribution in [0.5, 0.6) is 5.75 Å². The van der Waals surface area contributed by atoms with Crippen LogP contribution in [0.25, 0.3) is 21.9 Å². The highest BCUT2D eigenvalue weighted by Crippen LogP contribution is 2.44. The third kappa shape index (κ3) is 7.40. The normalized spacial score (nSPS) is 13.4. The van der Waals surface area contributed by atoms with E-state index in [1.54, 1.807) is 0 Å². The first-order valence-corrected chi connectivity index (χ1v) is 17.4. The summed E-state index contributed by atoms with van der Waals surface area (Å²) in [7, 11) is -1.70. The number of phenols is 1. The molecule has 3 aromatic carbocycles. The first-order valence-electron chi connectivity index (χ1n) is 16.3. The quantitative estimate of drug-likeness (QED) is 0.209. The van der Waals surface area contributed by atoms with E-state index in [1.165, 1.54) is 27.8 Å². The summed E-state index contributed by atoms with van der Waals surface area (Å²) in [5.41, 5.74) is 9.50. The van der Waals surface area contributed by atoms with Gasteiger partial charge in [-0.15, -0.1) is 0 Å². The number of hydrogen-bond donors (Lipinski definition) is 1. The van der Waals surface area contributed by atoms with E-state index >= 15 is 0 Å². The van der Waals surface area contributed by atoms with Gasteiger partial charge in [0.1, 0.15) is 16.9 Å². The van der Waals surface area contributed by atoms with Crippen LogP contribution in [0.3, 0.4) is 0 Å². The fourth-order valence-electron chi connectivity index (χ4n) is 5.74. The first-order chi connectivity index (χ1) is 20.3. The van der Waals surface area contributed by atoms with E-state index in [9.17, 15) is 5.11 Å². The van der Waals surface area contributed by atoms with Crippen LogP contribution in [-0.2, 0) is 29.1 Å². The van der Waals surface area contributed by atoms with Crippen LogP contribution in [-0.4, -0.2) is 11.7 Å². The number of fused-ring (bicyclic) bond motifs is 3. The van der Waals surface area contributed by atoms with E-state index in [0.29, 0.717) is 18.3 Å². The van der Waals surface area contributed by atoms with Crippen molar-refractivity contribution in [1.29, 1.82) is 0 Å². The van der Waals surface area contributed by atoms with Crippen LogP contribution < -0.4 is 4.52 Å². The molecule has 1 atom stereocenters. The predicted molar refractivity (Wildman–Crippen MR) is 189 cm³/mol. The third-order valence-electron chi connectivity index (χ3n) is 8.60. The molecule has 0 saturated carbocycles. The molecule has 1 unspecified atom stereocenters. The molecule has 5 heteroatoms. The smallest absolute Gasteiger partial charge is 0.387 e. The molecule has 4 aromatic rings. The van der Waals surface area contributed by atoms with Gasteiger partial charge in [0.05, 0.1) is 6.61 Å². The Bertz CT molecular complexity index is 1690. The standard InChI is InChI=1S/C39H55O4P/c1-14-27-19-26(18-25(4)34(27)40)16-15-17-41-44-42-35-30(20-28(24(2)3)21-32(35)38(8,9)10)31-22-29(37(5,6)7)23-33(36(31)43-44)39(11,12)13/h18-24,40H,14-17H2,1-13H3. The zero-order valence-electron chi connectivity index (χ0n) is 29.5. The molecule has 0 aliphatic carbocycles. The van der Waals surface area contributed by atoms with Crippen LogP contribution in [0.15, 0.2) is 44.8 Å². The van der Waals surface area contributed by atoms with Gasteiger partial charge < -0.3 is 13.5 Å². The lowest BCUT2D eigenvalue weighted by atomic mass is 9.78. The van der Waals surface area contributed by atoms with Crippen molar-refractivity contribution in [3.63, 3.8) is 0 Å². The minimum absolute atomic E-state index is 0.0314. The highest BCUT2D eigenvalue weighted by molar-refractivity contribution is 7.31. The molecule has 4 rings (SSSR count). The van der Waals surface area contributed by atoms with Gasteiger partial charge in [-0.2, -0.15) is 0 Å². The van der Waals surface area contributed by atoms with Crippen LogP contribution in [0.2, 0.25) is 0 Å². The number of benzene rings is 3. The Morgan fingerprint density at radius 1 is 0.773 bits per heavy atom. The van der Waals surface area contributed by atoms with Crippen molar-refractivity contribution in [2.24, 2.45) is 0 Å². The predicted octanol–water partition coefficient (Wildman–Crippen LogP) is 11.9. The van der Waals surface area contributed by atoms with E-state index in [2.05, 4.69) is 119 Å². The molecule has 0 amide bonds. The van der Waals surface area contributed by atoms with Gasteiger partial charge in [-0.05, 0) is 88.3 Å². The number of aryl methyl sites for hydroxylation is 3. The van der Waals surface area contributed by atoms with Crippen molar-refractivity contribution >= 4 is 30.2 Å². The number of aromatic hydroxyl groups is 1. The third-order valence-corrected chi connectivity index (χ3v) is 9.65. The minimum atomic E-state index is -1.70. The SMILES string of the molecule is CCc1cc(CCCOp2oc3c(C(C)(C)C)cc(C(C)C)cc3c3cc(C(C)(C)C)cc(C(C)(C)C)c3o2)cc(C)c1O. The fourth-order valence-corrected chi connectivity index (χ4v) is 6.85. The van der Waals surface area contributed by atoms with Gasteiger partial charge in [0, 0.05) is 21.9 Å². The Morgan fingerprint density at radius 3 is 1.86 bits per heavy atom. The summed E-state index contributed by atoms with van der Waals surface area (Å²) in [5.74, 6) is 0.782. The van der Waals surface area contributed by atoms with E-state index in [1.807, 2.05) is 6.92 Å². The molecular weight excluding hydrogens is 563 g/mol.